The molecule has 2 aromatic heterocycles. The van der Waals surface area contributed by atoms with Gasteiger partial charge in [0.05, 0.1) is 11.5 Å². The third-order valence-corrected chi connectivity index (χ3v) is 4.40. The number of nitrogens with one attached hydrogen (secondary N) is 1. The molecule has 1 N–H and O–H groups in total. The topological polar surface area (TPSA) is 88.9 Å². The van der Waals surface area contributed by atoms with Crippen molar-refractivity contribution in [3.8, 4) is 6.07 Å². The minimum atomic E-state index is 0.00287. The SMILES string of the molecule is CN(c1ncnc2[nH]ccc12)N1CCC[C@H](C(=O)CCC#N)C1. The van der Waals surface area contributed by atoms with E-state index < -0.39 is 0 Å². The van der Waals surface area contributed by atoms with E-state index >= 15 is 0 Å². The number of Topliss-reactive ketones (excluding diaryl/α,β-unsaturated/α-hetero) is 1. The fourth-order valence-electron chi connectivity index (χ4n) is 3.13. The summed E-state index contributed by atoms with van der Waals surface area (Å²) in [6.45, 7) is 1.57. The number of ketones is 1. The van der Waals surface area contributed by atoms with Crippen LogP contribution in [-0.4, -0.2) is 45.9 Å². The zero-order valence-corrected chi connectivity index (χ0v) is 13.2. The largest absolute Gasteiger partial charge is 0.346 e. The van der Waals surface area contributed by atoms with Gasteiger partial charge in [0.15, 0.2) is 5.82 Å². The van der Waals surface area contributed by atoms with Crippen LogP contribution in [0.5, 0.6) is 0 Å². The molecule has 0 bridgehead atoms. The average molecular weight is 312 g/mol. The number of carbonyl (C=O) groups excluding carboxylic acids is 1. The summed E-state index contributed by atoms with van der Waals surface area (Å²) in [7, 11) is 1.97. The summed E-state index contributed by atoms with van der Waals surface area (Å²) < 4.78 is 0. The molecule has 23 heavy (non-hydrogen) atoms. The fourth-order valence-corrected chi connectivity index (χ4v) is 3.13. The minimum absolute atomic E-state index is 0.00287. The lowest BCUT2D eigenvalue weighted by molar-refractivity contribution is -0.124. The van der Waals surface area contributed by atoms with Crippen LogP contribution in [0, 0.1) is 17.2 Å². The number of hydrogen-bond acceptors (Lipinski definition) is 6. The second-order valence-corrected chi connectivity index (χ2v) is 5.84. The van der Waals surface area contributed by atoms with E-state index in [0.717, 1.165) is 36.2 Å². The van der Waals surface area contributed by atoms with E-state index in [9.17, 15) is 4.79 Å². The van der Waals surface area contributed by atoms with Crippen LogP contribution >= 0.6 is 0 Å². The maximum absolute atomic E-state index is 12.2. The number of fused-ring (bicyclic) bond motifs is 1. The van der Waals surface area contributed by atoms with Crippen LogP contribution in [0.2, 0.25) is 0 Å². The molecule has 1 saturated heterocycles. The van der Waals surface area contributed by atoms with Crippen LogP contribution in [0.15, 0.2) is 18.6 Å². The molecule has 0 amide bonds. The van der Waals surface area contributed by atoms with Gasteiger partial charge in [-0.1, -0.05) is 0 Å². The molecule has 0 saturated carbocycles. The molecule has 0 spiro atoms. The van der Waals surface area contributed by atoms with Crippen molar-refractivity contribution in [1.82, 2.24) is 20.0 Å². The Morgan fingerprint density at radius 2 is 2.43 bits per heavy atom. The predicted octanol–water partition coefficient (Wildman–Crippen LogP) is 1.89. The number of H-pyrrole nitrogens is 1. The van der Waals surface area contributed by atoms with Crippen LogP contribution in [0.4, 0.5) is 5.82 Å². The molecule has 1 fully saturated rings. The number of rotatable bonds is 5. The van der Waals surface area contributed by atoms with Gasteiger partial charge in [0.1, 0.15) is 17.8 Å². The van der Waals surface area contributed by atoms with Crippen LogP contribution in [0.1, 0.15) is 25.7 Å². The van der Waals surface area contributed by atoms with Crippen molar-refractivity contribution in [3.63, 3.8) is 0 Å². The Balaban J connectivity index is 1.74. The number of nitriles is 1. The summed E-state index contributed by atoms with van der Waals surface area (Å²) >= 11 is 0. The average Bonchev–Trinajstić information content (AvgIpc) is 3.07. The second kappa shape index (κ2) is 6.75. The normalized spacial score (nSPS) is 18.7. The number of piperidine rings is 1. The third-order valence-electron chi connectivity index (χ3n) is 4.40. The molecule has 0 aliphatic carbocycles. The Morgan fingerprint density at radius 1 is 1.57 bits per heavy atom. The van der Waals surface area contributed by atoms with Gasteiger partial charge in [-0.25, -0.2) is 15.0 Å². The van der Waals surface area contributed by atoms with Crippen molar-refractivity contribution in [2.24, 2.45) is 5.92 Å². The van der Waals surface area contributed by atoms with Gasteiger partial charge < -0.3 is 4.98 Å². The molecule has 2 aromatic rings. The van der Waals surface area contributed by atoms with Gasteiger partial charge >= 0.3 is 0 Å². The standard InChI is InChI=1S/C16H20N6O/c1-21(16-13-6-8-18-15(13)19-11-20-16)22-9-3-4-12(10-22)14(23)5-2-7-17/h6,8,11-12H,2-5,9-10H2,1H3,(H,18,19,20)/t12-/m0/s1. The Bertz CT molecular complexity index is 733. The number of hydrazine groups is 1. The van der Waals surface area contributed by atoms with Gasteiger partial charge in [0.25, 0.3) is 0 Å². The molecule has 120 valence electrons. The van der Waals surface area contributed by atoms with Crippen molar-refractivity contribution in [1.29, 1.82) is 5.26 Å². The minimum Gasteiger partial charge on any atom is -0.346 e. The molecular weight excluding hydrogens is 292 g/mol. The molecule has 1 atom stereocenters. The molecule has 0 radical (unpaired) electrons. The van der Waals surface area contributed by atoms with E-state index in [1.54, 1.807) is 6.33 Å². The van der Waals surface area contributed by atoms with Crippen molar-refractivity contribution in [3.05, 3.63) is 18.6 Å². The molecule has 3 heterocycles. The molecule has 0 aromatic carbocycles. The van der Waals surface area contributed by atoms with Crippen molar-refractivity contribution < 1.29 is 4.79 Å². The highest BCUT2D eigenvalue weighted by atomic mass is 16.1. The molecule has 1 aliphatic heterocycles. The van der Waals surface area contributed by atoms with Crippen molar-refractivity contribution in [2.75, 3.05) is 25.1 Å². The van der Waals surface area contributed by atoms with Gasteiger partial charge in [-0.05, 0) is 18.9 Å². The first kappa shape index (κ1) is 15.4. The third kappa shape index (κ3) is 3.17. The lowest BCUT2D eigenvalue weighted by atomic mass is 9.92. The smallest absolute Gasteiger partial charge is 0.155 e. The molecule has 1 aliphatic rings. The lowest BCUT2D eigenvalue weighted by Crippen LogP contribution is -2.48. The Labute approximate surface area is 134 Å². The number of anilines is 1. The highest BCUT2D eigenvalue weighted by Gasteiger charge is 2.28. The number of hydrogen-bond donors (Lipinski definition) is 1. The van der Waals surface area contributed by atoms with E-state index in [0.29, 0.717) is 19.4 Å². The second-order valence-electron chi connectivity index (χ2n) is 5.84. The van der Waals surface area contributed by atoms with E-state index in [2.05, 4.69) is 20.0 Å². The van der Waals surface area contributed by atoms with Gasteiger partial charge in [-0.3, -0.25) is 9.80 Å². The summed E-state index contributed by atoms with van der Waals surface area (Å²) in [6.07, 6.45) is 5.92. The number of aromatic nitrogens is 3. The number of aromatic amines is 1. The van der Waals surface area contributed by atoms with Gasteiger partial charge in [0.2, 0.25) is 0 Å². The molecule has 3 rings (SSSR count). The zero-order chi connectivity index (χ0) is 16.2. The van der Waals surface area contributed by atoms with Gasteiger partial charge in [-0.2, -0.15) is 5.26 Å². The van der Waals surface area contributed by atoms with Crippen LogP contribution < -0.4 is 5.01 Å². The maximum Gasteiger partial charge on any atom is 0.155 e. The first-order valence-corrected chi connectivity index (χ1v) is 7.87. The van der Waals surface area contributed by atoms with E-state index in [1.165, 1.54) is 0 Å². The monoisotopic (exact) mass is 312 g/mol. The lowest BCUT2D eigenvalue weighted by Gasteiger charge is -2.38. The van der Waals surface area contributed by atoms with E-state index in [1.807, 2.05) is 30.4 Å². The molecule has 0 unspecified atom stereocenters. The van der Waals surface area contributed by atoms with Gasteiger partial charge in [-0.15, -0.1) is 0 Å². The van der Waals surface area contributed by atoms with Crippen LogP contribution in [-0.2, 0) is 4.79 Å². The Morgan fingerprint density at radius 3 is 3.26 bits per heavy atom. The van der Waals surface area contributed by atoms with E-state index in [4.69, 9.17) is 5.26 Å². The predicted molar refractivity (Wildman–Crippen MR) is 86.4 cm³/mol. The zero-order valence-electron chi connectivity index (χ0n) is 13.2. The first-order chi connectivity index (χ1) is 11.2. The highest BCUT2D eigenvalue weighted by molar-refractivity contribution is 5.87. The van der Waals surface area contributed by atoms with Crippen LogP contribution in [0.3, 0.4) is 0 Å². The Kier molecular flexibility index (Phi) is 4.53. The number of carbonyl (C=O) groups is 1. The maximum atomic E-state index is 12.2. The molecule has 7 nitrogen and oxygen atoms in total. The summed E-state index contributed by atoms with van der Waals surface area (Å²) in [5.74, 6) is 1.03. The van der Waals surface area contributed by atoms with Gasteiger partial charge in [0, 0.05) is 45.1 Å². The van der Waals surface area contributed by atoms with Crippen molar-refractivity contribution >= 4 is 22.6 Å². The molecular formula is C16H20N6O. The quantitative estimate of drug-likeness (QED) is 0.907. The highest BCUT2D eigenvalue weighted by Crippen LogP contribution is 2.26. The summed E-state index contributed by atoms with van der Waals surface area (Å²) in [6, 6.07) is 4.01. The van der Waals surface area contributed by atoms with Crippen molar-refractivity contribution in [2.45, 2.75) is 25.7 Å². The van der Waals surface area contributed by atoms with E-state index in [-0.39, 0.29) is 11.7 Å². The number of nitrogens with zero attached hydrogens (tertiary/aromatic N) is 5. The molecule has 7 heteroatoms. The summed E-state index contributed by atoms with van der Waals surface area (Å²) in [4.78, 5) is 23.9. The Hall–Kier alpha value is -2.46. The van der Waals surface area contributed by atoms with Crippen LogP contribution in [0.25, 0.3) is 11.0 Å². The summed E-state index contributed by atoms with van der Waals surface area (Å²) in [5, 5.41) is 13.8. The first-order valence-electron chi connectivity index (χ1n) is 7.87. The fraction of sp³-hybridized carbons (Fsp3) is 0.500. The summed E-state index contributed by atoms with van der Waals surface area (Å²) in [5.41, 5.74) is 0.806.